The summed E-state index contributed by atoms with van der Waals surface area (Å²) in [5.41, 5.74) is 0.230. The minimum absolute atomic E-state index is 0.0230. The van der Waals surface area contributed by atoms with Crippen LogP contribution in [0.3, 0.4) is 0 Å². The van der Waals surface area contributed by atoms with Crippen molar-refractivity contribution in [3.05, 3.63) is 0 Å². The van der Waals surface area contributed by atoms with Gasteiger partial charge in [0.05, 0.1) is 26.4 Å². The van der Waals surface area contributed by atoms with Gasteiger partial charge < -0.3 is 14.2 Å². The molecule has 0 heterocycles. The second-order valence-electron chi connectivity index (χ2n) is 7.62. The maximum Gasteiger partial charge on any atom is 0.0569 e. The molecule has 120 valence electrons. The molecule has 0 aromatic heterocycles. The average Bonchev–Trinajstić information content (AvgIpc) is 2.38. The third-order valence-electron chi connectivity index (χ3n) is 4.26. The van der Waals surface area contributed by atoms with Gasteiger partial charge in [-0.25, -0.2) is 0 Å². The van der Waals surface area contributed by atoms with Gasteiger partial charge in [0.1, 0.15) is 0 Å². The molecule has 0 amide bonds. The van der Waals surface area contributed by atoms with Gasteiger partial charge in [-0.1, -0.05) is 40.0 Å². The molecule has 0 spiro atoms. The second-order valence-corrected chi connectivity index (χ2v) is 7.62. The predicted octanol–water partition coefficient (Wildman–Crippen LogP) is 3.91. The quantitative estimate of drug-likeness (QED) is 0.677. The largest absolute Gasteiger partial charge is 0.384 e. The molecule has 0 unspecified atom stereocenters. The molecule has 3 heteroatoms. The minimum Gasteiger partial charge on any atom is -0.384 e. The van der Waals surface area contributed by atoms with Crippen molar-refractivity contribution in [3.8, 4) is 0 Å². The topological polar surface area (TPSA) is 27.7 Å². The number of hydrogen-bond acceptors (Lipinski definition) is 3. The standard InChI is InChI=1S/C17H34O3/c1-16(2,3)11-20-14-17(12-18-4,13-19-5)15-9-7-6-8-10-15/h15H,6-14H2,1-5H3. The Bertz CT molecular complexity index is 245. The molecular formula is C17H34O3. The van der Waals surface area contributed by atoms with Gasteiger partial charge in [-0.15, -0.1) is 0 Å². The first-order valence-corrected chi connectivity index (χ1v) is 7.99. The Balaban J connectivity index is 2.69. The zero-order chi connectivity index (χ0) is 15.1. The van der Waals surface area contributed by atoms with Crippen molar-refractivity contribution in [2.75, 3.05) is 40.6 Å². The summed E-state index contributed by atoms with van der Waals surface area (Å²) < 4.78 is 17.1. The fourth-order valence-electron chi connectivity index (χ4n) is 3.33. The first kappa shape index (κ1) is 17.9. The minimum atomic E-state index is 0.0230. The Morgan fingerprint density at radius 3 is 1.80 bits per heavy atom. The van der Waals surface area contributed by atoms with E-state index in [4.69, 9.17) is 14.2 Å². The van der Waals surface area contributed by atoms with E-state index >= 15 is 0 Å². The van der Waals surface area contributed by atoms with Crippen LogP contribution in [0.15, 0.2) is 0 Å². The molecule has 1 fully saturated rings. The van der Waals surface area contributed by atoms with Crippen LogP contribution in [0.25, 0.3) is 0 Å². The molecule has 20 heavy (non-hydrogen) atoms. The highest BCUT2D eigenvalue weighted by atomic mass is 16.5. The van der Waals surface area contributed by atoms with E-state index in [1.54, 1.807) is 14.2 Å². The van der Waals surface area contributed by atoms with Crippen molar-refractivity contribution >= 4 is 0 Å². The molecule has 0 aliphatic heterocycles. The summed E-state index contributed by atoms with van der Waals surface area (Å²) in [5, 5.41) is 0. The number of hydrogen-bond donors (Lipinski definition) is 0. The van der Waals surface area contributed by atoms with Gasteiger partial charge in [-0.2, -0.15) is 0 Å². The summed E-state index contributed by atoms with van der Waals surface area (Å²) in [4.78, 5) is 0. The Morgan fingerprint density at radius 2 is 1.35 bits per heavy atom. The van der Waals surface area contributed by atoms with Gasteiger partial charge in [0.25, 0.3) is 0 Å². The molecule has 1 aliphatic carbocycles. The fraction of sp³-hybridized carbons (Fsp3) is 1.00. The third-order valence-corrected chi connectivity index (χ3v) is 4.26. The SMILES string of the molecule is COCC(COC)(COCC(C)(C)C)C1CCCCC1. The molecule has 1 aliphatic rings. The summed E-state index contributed by atoms with van der Waals surface area (Å²) in [5.74, 6) is 0.663. The van der Waals surface area contributed by atoms with Gasteiger partial charge in [-0.3, -0.25) is 0 Å². The lowest BCUT2D eigenvalue weighted by atomic mass is 9.70. The van der Waals surface area contributed by atoms with Gasteiger partial charge in [-0.05, 0) is 24.2 Å². The van der Waals surface area contributed by atoms with Crippen molar-refractivity contribution in [2.45, 2.75) is 52.9 Å². The van der Waals surface area contributed by atoms with E-state index in [-0.39, 0.29) is 10.8 Å². The van der Waals surface area contributed by atoms with Gasteiger partial charge >= 0.3 is 0 Å². The van der Waals surface area contributed by atoms with E-state index < -0.39 is 0 Å². The van der Waals surface area contributed by atoms with E-state index in [9.17, 15) is 0 Å². The highest BCUT2D eigenvalue weighted by molar-refractivity contribution is 4.88. The maximum atomic E-state index is 6.06. The normalized spacial score (nSPS) is 18.4. The smallest absolute Gasteiger partial charge is 0.0569 e. The van der Waals surface area contributed by atoms with E-state index in [1.165, 1.54) is 32.1 Å². The van der Waals surface area contributed by atoms with Gasteiger partial charge in [0.15, 0.2) is 0 Å². The highest BCUT2D eigenvalue weighted by Crippen LogP contribution is 2.40. The van der Waals surface area contributed by atoms with Crippen LogP contribution >= 0.6 is 0 Å². The molecule has 0 bridgehead atoms. The van der Waals surface area contributed by atoms with E-state index in [1.807, 2.05) is 0 Å². The lowest BCUT2D eigenvalue weighted by Gasteiger charge is -2.42. The van der Waals surface area contributed by atoms with Crippen LogP contribution in [0.4, 0.5) is 0 Å². The monoisotopic (exact) mass is 286 g/mol. The van der Waals surface area contributed by atoms with E-state index in [0.29, 0.717) is 5.92 Å². The molecule has 0 saturated heterocycles. The van der Waals surface area contributed by atoms with Crippen LogP contribution in [0.5, 0.6) is 0 Å². The first-order chi connectivity index (χ1) is 9.43. The molecule has 0 aromatic carbocycles. The summed E-state index contributed by atoms with van der Waals surface area (Å²) >= 11 is 0. The number of methoxy groups -OCH3 is 2. The van der Waals surface area contributed by atoms with Crippen LogP contribution in [0.1, 0.15) is 52.9 Å². The van der Waals surface area contributed by atoms with E-state index in [0.717, 1.165) is 26.4 Å². The molecule has 0 N–H and O–H groups in total. The molecule has 1 saturated carbocycles. The van der Waals surface area contributed by atoms with Crippen LogP contribution in [-0.4, -0.2) is 40.6 Å². The number of ether oxygens (including phenoxy) is 3. The zero-order valence-corrected chi connectivity index (χ0v) is 14.2. The Hall–Kier alpha value is -0.120. The third kappa shape index (κ3) is 5.71. The van der Waals surface area contributed by atoms with Crippen LogP contribution in [0, 0.1) is 16.7 Å². The Morgan fingerprint density at radius 1 is 0.800 bits per heavy atom. The fourth-order valence-corrected chi connectivity index (χ4v) is 3.33. The van der Waals surface area contributed by atoms with Gasteiger partial charge in [0.2, 0.25) is 0 Å². The van der Waals surface area contributed by atoms with Crippen molar-refractivity contribution in [3.63, 3.8) is 0 Å². The molecule has 3 nitrogen and oxygen atoms in total. The second kappa shape index (κ2) is 8.35. The average molecular weight is 286 g/mol. The zero-order valence-electron chi connectivity index (χ0n) is 14.2. The summed E-state index contributed by atoms with van der Waals surface area (Å²) in [7, 11) is 3.58. The lowest BCUT2D eigenvalue weighted by molar-refractivity contribution is -0.0995. The molecular weight excluding hydrogens is 252 g/mol. The van der Waals surface area contributed by atoms with Crippen molar-refractivity contribution in [1.29, 1.82) is 0 Å². The summed E-state index contributed by atoms with van der Waals surface area (Å²) in [6, 6.07) is 0. The van der Waals surface area contributed by atoms with Gasteiger partial charge in [0, 0.05) is 19.6 Å². The Kier molecular flexibility index (Phi) is 7.49. The predicted molar refractivity (Wildman–Crippen MR) is 83.0 cm³/mol. The van der Waals surface area contributed by atoms with E-state index in [2.05, 4.69) is 20.8 Å². The lowest BCUT2D eigenvalue weighted by Crippen LogP contribution is -2.44. The van der Waals surface area contributed by atoms with Crippen LogP contribution in [0.2, 0.25) is 0 Å². The molecule has 0 radical (unpaired) electrons. The summed E-state index contributed by atoms with van der Waals surface area (Å²) in [6.45, 7) is 9.63. The highest BCUT2D eigenvalue weighted by Gasteiger charge is 2.40. The number of rotatable bonds is 8. The molecule has 1 rings (SSSR count). The van der Waals surface area contributed by atoms with Crippen molar-refractivity contribution < 1.29 is 14.2 Å². The maximum absolute atomic E-state index is 6.06. The first-order valence-electron chi connectivity index (χ1n) is 7.99. The van der Waals surface area contributed by atoms with Crippen LogP contribution in [-0.2, 0) is 14.2 Å². The molecule has 0 atom stereocenters. The van der Waals surface area contributed by atoms with Crippen molar-refractivity contribution in [2.24, 2.45) is 16.7 Å². The Labute approximate surface area is 125 Å². The van der Waals surface area contributed by atoms with Crippen molar-refractivity contribution in [1.82, 2.24) is 0 Å². The summed E-state index contributed by atoms with van der Waals surface area (Å²) in [6.07, 6.45) is 6.60. The molecule has 0 aromatic rings. The van der Waals surface area contributed by atoms with Crippen LogP contribution < -0.4 is 0 Å².